The highest BCUT2D eigenvalue weighted by Crippen LogP contribution is 2.32. The fourth-order valence-corrected chi connectivity index (χ4v) is 2.44. The topological polar surface area (TPSA) is 20.3 Å². The Kier molecular flexibility index (Phi) is 3.10. The lowest BCUT2D eigenvalue weighted by Gasteiger charge is -2.23. The van der Waals surface area contributed by atoms with E-state index in [0.717, 1.165) is 23.9 Å². The van der Waals surface area contributed by atoms with Crippen LogP contribution in [-0.2, 0) is 4.79 Å². The summed E-state index contributed by atoms with van der Waals surface area (Å²) in [4.78, 5) is 13.4. The maximum Gasteiger partial charge on any atom is 0.219 e. The lowest BCUT2D eigenvalue weighted by Crippen LogP contribution is -2.27. The normalized spacial score (nSPS) is 20.7. The lowest BCUT2D eigenvalue weighted by atomic mass is 10.0. The van der Waals surface area contributed by atoms with E-state index in [4.69, 9.17) is 0 Å². The first-order valence-electron chi connectivity index (χ1n) is 5.21. The van der Waals surface area contributed by atoms with Crippen LogP contribution in [0.1, 0.15) is 31.4 Å². The smallest absolute Gasteiger partial charge is 0.219 e. The van der Waals surface area contributed by atoms with Crippen LogP contribution in [0, 0.1) is 0 Å². The molecule has 80 valence electrons. The van der Waals surface area contributed by atoms with Crippen LogP contribution >= 0.6 is 15.9 Å². The van der Waals surface area contributed by atoms with Crippen molar-refractivity contribution in [3.05, 3.63) is 34.3 Å². The Balaban J connectivity index is 2.22. The quantitative estimate of drug-likeness (QED) is 0.766. The molecule has 2 rings (SSSR count). The lowest BCUT2D eigenvalue weighted by molar-refractivity contribution is -0.129. The van der Waals surface area contributed by atoms with Crippen molar-refractivity contribution in [1.29, 1.82) is 0 Å². The SMILES string of the molecule is CC(=O)N1CCC[C@H]1c1ccc(Br)cc1. The van der Waals surface area contributed by atoms with Crippen molar-refractivity contribution in [2.45, 2.75) is 25.8 Å². The van der Waals surface area contributed by atoms with Crippen LogP contribution in [0.4, 0.5) is 0 Å². The van der Waals surface area contributed by atoms with Crippen LogP contribution in [0.25, 0.3) is 0 Å². The molecule has 1 aliphatic heterocycles. The molecule has 1 aromatic rings. The number of amides is 1. The highest BCUT2D eigenvalue weighted by Gasteiger charge is 2.27. The molecule has 2 nitrogen and oxygen atoms in total. The summed E-state index contributed by atoms with van der Waals surface area (Å²) < 4.78 is 1.08. The van der Waals surface area contributed by atoms with Gasteiger partial charge < -0.3 is 4.90 Å². The molecule has 0 radical (unpaired) electrons. The summed E-state index contributed by atoms with van der Waals surface area (Å²) in [6.45, 7) is 2.55. The number of hydrogen-bond acceptors (Lipinski definition) is 1. The van der Waals surface area contributed by atoms with Gasteiger partial charge in [0.25, 0.3) is 0 Å². The van der Waals surface area contributed by atoms with E-state index in [1.54, 1.807) is 6.92 Å². The van der Waals surface area contributed by atoms with E-state index in [1.807, 2.05) is 17.0 Å². The van der Waals surface area contributed by atoms with Crippen LogP contribution in [0.3, 0.4) is 0 Å². The van der Waals surface area contributed by atoms with Gasteiger partial charge in [-0.25, -0.2) is 0 Å². The van der Waals surface area contributed by atoms with E-state index in [-0.39, 0.29) is 11.9 Å². The molecule has 15 heavy (non-hydrogen) atoms. The molecule has 0 aromatic heterocycles. The Labute approximate surface area is 98.4 Å². The summed E-state index contributed by atoms with van der Waals surface area (Å²) in [7, 11) is 0. The molecule has 0 N–H and O–H groups in total. The Morgan fingerprint density at radius 3 is 2.67 bits per heavy atom. The van der Waals surface area contributed by atoms with Gasteiger partial charge in [-0.1, -0.05) is 28.1 Å². The molecular weight excluding hydrogens is 254 g/mol. The third-order valence-corrected chi connectivity index (χ3v) is 3.44. The molecule has 0 saturated carbocycles. The van der Waals surface area contributed by atoms with E-state index in [2.05, 4.69) is 28.1 Å². The average molecular weight is 268 g/mol. The van der Waals surface area contributed by atoms with E-state index >= 15 is 0 Å². The van der Waals surface area contributed by atoms with Gasteiger partial charge in [-0.05, 0) is 30.5 Å². The highest BCUT2D eigenvalue weighted by atomic mass is 79.9. The molecule has 1 atom stereocenters. The van der Waals surface area contributed by atoms with Gasteiger partial charge in [0.1, 0.15) is 0 Å². The fourth-order valence-electron chi connectivity index (χ4n) is 2.18. The number of likely N-dealkylation sites (tertiary alicyclic amines) is 1. The average Bonchev–Trinajstić information content (AvgIpc) is 2.67. The van der Waals surface area contributed by atoms with Gasteiger partial charge in [-0.2, -0.15) is 0 Å². The third kappa shape index (κ3) is 2.23. The Bertz CT molecular complexity index is 360. The van der Waals surface area contributed by atoms with Gasteiger partial charge in [-0.15, -0.1) is 0 Å². The summed E-state index contributed by atoms with van der Waals surface area (Å²) in [5, 5.41) is 0. The number of carbonyl (C=O) groups is 1. The first kappa shape index (κ1) is 10.7. The Morgan fingerprint density at radius 1 is 1.40 bits per heavy atom. The highest BCUT2D eigenvalue weighted by molar-refractivity contribution is 9.10. The first-order valence-corrected chi connectivity index (χ1v) is 6.00. The number of carbonyl (C=O) groups excluding carboxylic acids is 1. The molecule has 0 aliphatic carbocycles. The zero-order chi connectivity index (χ0) is 10.8. The first-order chi connectivity index (χ1) is 7.18. The van der Waals surface area contributed by atoms with Gasteiger partial charge in [0.05, 0.1) is 6.04 Å². The minimum atomic E-state index is 0.181. The fraction of sp³-hybridized carbons (Fsp3) is 0.417. The van der Waals surface area contributed by atoms with Crippen LogP contribution in [0.15, 0.2) is 28.7 Å². The van der Waals surface area contributed by atoms with Crippen LogP contribution in [0.5, 0.6) is 0 Å². The maximum absolute atomic E-state index is 11.4. The molecule has 0 unspecified atom stereocenters. The minimum absolute atomic E-state index is 0.181. The summed E-state index contributed by atoms with van der Waals surface area (Å²) in [6, 6.07) is 8.54. The summed E-state index contributed by atoms with van der Waals surface area (Å²) >= 11 is 3.42. The molecule has 1 amide bonds. The molecule has 1 heterocycles. The van der Waals surface area contributed by atoms with Gasteiger partial charge in [0.15, 0.2) is 0 Å². The van der Waals surface area contributed by atoms with Crippen LogP contribution in [-0.4, -0.2) is 17.4 Å². The van der Waals surface area contributed by atoms with E-state index in [9.17, 15) is 4.79 Å². The molecule has 1 saturated heterocycles. The number of nitrogens with zero attached hydrogens (tertiary/aromatic N) is 1. The van der Waals surface area contributed by atoms with Gasteiger partial charge in [0, 0.05) is 17.9 Å². The minimum Gasteiger partial charge on any atom is -0.336 e. The van der Waals surface area contributed by atoms with Crippen molar-refractivity contribution >= 4 is 21.8 Å². The second kappa shape index (κ2) is 4.35. The van der Waals surface area contributed by atoms with Crippen LogP contribution < -0.4 is 0 Å². The second-order valence-corrected chi connectivity index (χ2v) is 4.84. The summed E-state index contributed by atoms with van der Waals surface area (Å²) in [6.07, 6.45) is 2.20. The molecule has 0 spiro atoms. The standard InChI is InChI=1S/C12H14BrNO/c1-9(15)14-8-2-3-12(14)10-4-6-11(13)7-5-10/h4-7,12H,2-3,8H2,1H3/t12-/m0/s1. The summed E-state index contributed by atoms with van der Waals surface area (Å²) in [5.41, 5.74) is 1.24. The van der Waals surface area contributed by atoms with Crippen molar-refractivity contribution in [3.63, 3.8) is 0 Å². The third-order valence-electron chi connectivity index (χ3n) is 2.91. The Morgan fingerprint density at radius 2 is 2.07 bits per heavy atom. The zero-order valence-electron chi connectivity index (χ0n) is 8.74. The molecule has 3 heteroatoms. The Hall–Kier alpha value is -0.830. The monoisotopic (exact) mass is 267 g/mol. The molecule has 1 aliphatic rings. The largest absolute Gasteiger partial charge is 0.336 e. The zero-order valence-corrected chi connectivity index (χ0v) is 10.3. The second-order valence-electron chi connectivity index (χ2n) is 3.92. The van der Waals surface area contributed by atoms with E-state index < -0.39 is 0 Å². The van der Waals surface area contributed by atoms with Gasteiger partial charge in [-0.3, -0.25) is 4.79 Å². The predicted molar refractivity (Wildman–Crippen MR) is 63.5 cm³/mol. The van der Waals surface area contributed by atoms with Crippen molar-refractivity contribution < 1.29 is 4.79 Å². The number of rotatable bonds is 1. The molecule has 0 bridgehead atoms. The predicted octanol–water partition coefficient (Wildman–Crippen LogP) is 3.13. The van der Waals surface area contributed by atoms with Crippen molar-refractivity contribution in [2.24, 2.45) is 0 Å². The van der Waals surface area contributed by atoms with E-state index in [1.165, 1.54) is 5.56 Å². The number of hydrogen-bond donors (Lipinski definition) is 0. The summed E-state index contributed by atoms with van der Waals surface area (Å²) in [5.74, 6) is 0.181. The van der Waals surface area contributed by atoms with Gasteiger partial charge >= 0.3 is 0 Å². The van der Waals surface area contributed by atoms with Crippen molar-refractivity contribution in [3.8, 4) is 0 Å². The van der Waals surface area contributed by atoms with Crippen molar-refractivity contribution in [1.82, 2.24) is 4.90 Å². The molecule has 1 fully saturated rings. The van der Waals surface area contributed by atoms with E-state index in [0.29, 0.717) is 0 Å². The van der Waals surface area contributed by atoms with Gasteiger partial charge in [0.2, 0.25) is 5.91 Å². The van der Waals surface area contributed by atoms with Crippen LogP contribution in [0.2, 0.25) is 0 Å². The maximum atomic E-state index is 11.4. The molecular formula is C12H14BrNO. The number of halogens is 1. The molecule has 1 aromatic carbocycles. The van der Waals surface area contributed by atoms with Crippen molar-refractivity contribution in [2.75, 3.05) is 6.54 Å². The number of benzene rings is 1.